The predicted molar refractivity (Wildman–Crippen MR) is 100 cm³/mol. The lowest BCUT2D eigenvalue weighted by Crippen LogP contribution is -2.14. The maximum atomic E-state index is 6.34. The van der Waals surface area contributed by atoms with Gasteiger partial charge in [-0.1, -0.05) is 58.5 Å². The van der Waals surface area contributed by atoms with Crippen LogP contribution in [0.1, 0.15) is 17.2 Å². The molecule has 4 nitrogen and oxygen atoms in total. The highest BCUT2D eigenvalue weighted by Gasteiger charge is 2.18. The Morgan fingerprint density at radius 2 is 1.68 bits per heavy atom. The molecule has 0 spiro atoms. The van der Waals surface area contributed by atoms with Crippen molar-refractivity contribution in [3.63, 3.8) is 0 Å². The second-order valence-corrected chi connectivity index (χ2v) is 7.01. The number of halogens is 4. The molecule has 0 saturated carbocycles. The fourth-order valence-electron chi connectivity index (χ4n) is 2.33. The number of rotatable bonds is 6. The average Bonchev–Trinajstić information content (AvgIpc) is 3.06. The smallest absolute Gasteiger partial charge is 0.137 e. The van der Waals surface area contributed by atoms with Crippen molar-refractivity contribution in [2.75, 3.05) is 0 Å². The molecule has 3 rings (SSSR count). The minimum Gasteiger partial charge on any atom is -0.367 e. The summed E-state index contributed by atoms with van der Waals surface area (Å²) in [7, 11) is 0. The quantitative estimate of drug-likeness (QED) is 0.505. The Morgan fingerprint density at radius 1 is 0.960 bits per heavy atom. The first kappa shape index (κ1) is 18.5. The maximum Gasteiger partial charge on any atom is 0.137 e. The molecule has 130 valence electrons. The van der Waals surface area contributed by atoms with E-state index in [0.717, 1.165) is 11.1 Å². The summed E-state index contributed by atoms with van der Waals surface area (Å²) in [6.45, 7) is 0.751. The Kier molecular flexibility index (Phi) is 6.20. The van der Waals surface area contributed by atoms with E-state index < -0.39 is 0 Å². The van der Waals surface area contributed by atoms with Crippen LogP contribution in [0.2, 0.25) is 20.1 Å². The van der Waals surface area contributed by atoms with Crippen LogP contribution in [0.15, 0.2) is 49.1 Å². The van der Waals surface area contributed by atoms with Crippen molar-refractivity contribution < 1.29 is 4.74 Å². The Balaban J connectivity index is 1.83. The van der Waals surface area contributed by atoms with E-state index in [9.17, 15) is 0 Å². The molecule has 1 atom stereocenters. The molecule has 0 amide bonds. The largest absolute Gasteiger partial charge is 0.367 e. The van der Waals surface area contributed by atoms with Gasteiger partial charge in [-0.2, -0.15) is 5.10 Å². The van der Waals surface area contributed by atoms with Gasteiger partial charge in [0.15, 0.2) is 0 Å². The first-order valence-electron chi connectivity index (χ1n) is 7.36. The molecule has 0 aliphatic carbocycles. The van der Waals surface area contributed by atoms with Gasteiger partial charge in [-0.05, 0) is 29.8 Å². The van der Waals surface area contributed by atoms with Crippen LogP contribution >= 0.6 is 46.4 Å². The van der Waals surface area contributed by atoms with Gasteiger partial charge in [0, 0.05) is 25.7 Å². The molecule has 0 unspecified atom stereocenters. The maximum absolute atomic E-state index is 6.34. The summed E-state index contributed by atoms with van der Waals surface area (Å²) >= 11 is 24.5. The lowest BCUT2D eigenvalue weighted by atomic mass is 10.1. The van der Waals surface area contributed by atoms with Crippen molar-refractivity contribution in [2.24, 2.45) is 0 Å². The topological polar surface area (TPSA) is 39.9 Å². The van der Waals surface area contributed by atoms with Crippen LogP contribution in [-0.4, -0.2) is 14.8 Å². The summed E-state index contributed by atoms with van der Waals surface area (Å²) in [4.78, 5) is 3.95. The van der Waals surface area contributed by atoms with Crippen LogP contribution in [0.5, 0.6) is 0 Å². The number of nitrogens with zero attached hydrogens (tertiary/aromatic N) is 3. The highest BCUT2D eigenvalue weighted by atomic mass is 35.5. The van der Waals surface area contributed by atoms with E-state index in [4.69, 9.17) is 51.1 Å². The van der Waals surface area contributed by atoms with Gasteiger partial charge in [-0.25, -0.2) is 4.98 Å². The Labute approximate surface area is 165 Å². The van der Waals surface area contributed by atoms with E-state index >= 15 is 0 Å². The van der Waals surface area contributed by atoms with Gasteiger partial charge in [0.1, 0.15) is 18.8 Å². The van der Waals surface area contributed by atoms with Gasteiger partial charge < -0.3 is 4.74 Å². The second-order valence-electron chi connectivity index (χ2n) is 5.32. The molecular weight excluding hydrogens is 404 g/mol. The van der Waals surface area contributed by atoms with Crippen molar-refractivity contribution in [1.82, 2.24) is 14.8 Å². The molecule has 2 aromatic carbocycles. The summed E-state index contributed by atoms with van der Waals surface area (Å²) in [5, 5.41) is 6.34. The van der Waals surface area contributed by atoms with Crippen LogP contribution in [0, 0.1) is 0 Å². The lowest BCUT2D eigenvalue weighted by Gasteiger charge is -2.20. The van der Waals surface area contributed by atoms with E-state index in [-0.39, 0.29) is 6.10 Å². The molecule has 25 heavy (non-hydrogen) atoms. The summed E-state index contributed by atoms with van der Waals surface area (Å²) in [6.07, 6.45) is 2.74. The third kappa shape index (κ3) is 4.87. The van der Waals surface area contributed by atoms with Gasteiger partial charge in [-0.15, -0.1) is 0 Å². The van der Waals surface area contributed by atoms with Gasteiger partial charge in [0.25, 0.3) is 0 Å². The number of hydrogen-bond donors (Lipinski definition) is 0. The van der Waals surface area contributed by atoms with Crippen LogP contribution in [0.4, 0.5) is 0 Å². The van der Waals surface area contributed by atoms with Crippen molar-refractivity contribution >= 4 is 46.4 Å². The third-order valence-electron chi connectivity index (χ3n) is 3.58. The summed E-state index contributed by atoms with van der Waals surface area (Å²) in [6, 6.07) is 10.6. The van der Waals surface area contributed by atoms with Gasteiger partial charge in [0.05, 0.1) is 13.2 Å². The fraction of sp³-hybridized carbons (Fsp3) is 0.176. The van der Waals surface area contributed by atoms with E-state index in [1.165, 1.54) is 6.33 Å². The number of hydrogen-bond acceptors (Lipinski definition) is 3. The molecule has 8 heteroatoms. The van der Waals surface area contributed by atoms with Crippen LogP contribution in [0.25, 0.3) is 0 Å². The Morgan fingerprint density at radius 3 is 2.32 bits per heavy atom. The summed E-state index contributed by atoms with van der Waals surface area (Å²) in [5.41, 5.74) is 1.64. The molecule has 0 aliphatic rings. The van der Waals surface area contributed by atoms with Crippen molar-refractivity contribution in [3.05, 3.63) is 80.3 Å². The molecular formula is C17H13Cl4N3O. The van der Waals surface area contributed by atoms with Crippen molar-refractivity contribution in [2.45, 2.75) is 19.3 Å². The van der Waals surface area contributed by atoms with Gasteiger partial charge in [0.2, 0.25) is 0 Å². The van der Waals surface area contributed by atoms with E-state index in [0.29, 0.717) is 33.2 Å². The summed E-state index contributed by atoms with van der Waals surface area (Å²) < 4.78 is 7.76. The first-order valence-corrected chi connectivity index (χ1v) is 8.87. The van der Waals surface area contributed by atoms with E-state index in [1.54, 1.807) is 35.3 Å². The molecule has 1 heterocycles. The normalized spacial score (nSPS) is 12.3. The molecule has 1 aromatic heterocycles. The van der Waals surface area contributed by atoms with E-state index in [1.807, 2.05) is 12.1 Å². The van der Waals surface area contributed by atoms with Gasteiger partial charge in [-0.3, -0.25) is 4.68 Å². The average molecular weight is 417 g/mol. The lowest BCUT2D eigenvalue weighted by molar-refractivity contribution is 0.0257. The highest BCUT2D eigenvalue weighted by molar-refractivity contribution is 6.35. The monoisotopic (exact) mass is 415 g/mol. The van der Waals surface area contributed by atoms with Crippen LogP contribution in [-0.2, 0) is 17.9 Å². The predicted octanol–water partition coefficient (Wildman–Crippen LogP) is 5.85. The first-order chi connectivity index (χ1) is 12.0. The molecule has 0 N–H and O–H groups in total. The molecule has 0 radical (unpaired) electrons. The fourth-order valence-corrected chi connectivity index (χ4v) is 3.32. The minimum absolute atomic E-state index is 0.300. The Bertz CT molecular complexity index is 855. The van der Waals surface area contributed by atoms with Gasteiger partial charge >= 0.3 is 0 Å². The summed E-state index contributed by atoms with van der Waals surface area (Å²) in [5.74, 6) is 0. The minimum atomic E-state index is -0.349. The zero-order valence-corrected chi connectivity index (χ0v) is 15.9. The van der Waals surface area contributed by atoms with E-state index in [2.05, 4.69) is 10.1 Å². The molecule has 0 saturated heterocycles. The number of aromatic nitrogens is 3. The zero-order chi connectivity index (χ0) is 17.8. The van der Waals surface area contributed by atoms with Crippen LogP contribution in [0.3, 0.4) is 0 Å². The molecule has 0 bridgehead atoms. The SMILES string of the molecule is Clc1ccc(CO[C@@H](Cn2cncn2)c2ccc(Cl)cc2Cl)c(Cl)c1. The zero-order valence-electron chi connectivity index (χ0n) is 12.9. The van der Waals surface area contributed by atoms with Crippen LogP contribution < -0.4 is 0 Å². The molecule has 0 aliphatic heterocycles. The molecule has 0 fully saturated rings. The third-order valence-corrected chi connectivity index (χ3v) is 4.73. The second kappa shape index (κ2) is 8.39. The number of benzene rings is 2. The number of ether oxygens (including phenoxy) is 1. The van der Waals surface area contributed by atoms with Crippen molar-refractivity contribution in [3.8, 4) is 0 Å². The standard InChI is InChI=1S/C17H13Cl4N3O/c18-12-2-1-11(15(20)5-12)8-25-17(7-24-10-22-9-23-24)14-4-3-13(19)6-16(14)21/h1-6,9-10,17H,7-8H2/t17-/m0/s1. The molecule has 3 aromatic rings. The highest BCUT2D eigenvalue weighted by Crippen LogP contribution is 2.31. The van der Waals surface area contributed by atoms with Crippen molar-refractivity contribution in [1.29, 1.82) is 0 Å². The Hall–Kier alpha value is -1.30.